The van der Waals surface area contributed by atoms with Crippen molar-refractivity contribution in [3.8, 4) is 6.07 Å². The molecule has 1 saturated heterocycles. The van der Waals surface area contributed by atoms with E-state index < -0.39 is 17.7 Å². The van der Waals surface area contributed by atoms with Crippen molar-refractivity contribution in [1.29, 1.82) is 5.26 Å². The number of carbonyl (C=O) groups excluding carboxylic acids is 1. The van der Waals surface area contributed by atoms with Crippen molar-refractivity contribution < 1.29 is 13.6 Å². The molecule has 2 aromatic heterocycles. The Hall–Kier alpha value is -3.35. The molecule has 2 atom stereocenters. The monoisotopic (exact) mass is 495 g/mol. The Labute approximate surface area is 209 Å². The highest BCUT2D eigenvalue weighted by molar-refractivity contribution is 5.83. The number of hydrogen-bond acceptors (Lipinski definition) is 7. The van der Waals surface area contributed by atoms with Crippen LogP contribution in [0.3, 0.4) is 0 Å². The summed E-state index contributed by atoms with van der Waals surface area (Å²) >= 11 is 0. The van der Waals surface area contributed by atoms with Crippen molar-refractivity contribution in [2.75, 3.05) is 29.4 Å². The second kappa shape index (κ2) is 8.64. The van der Waals surface area contributed by atoms with E-state index in [-0.39, 0.29) is 17.5 Å². The van der Waals surface area contributed by atoms with Crippen LogP contribution in [-0.4, -0.2) is 63.9 Å². The molecule has 2 aromatic rings. The number of fused-ring (bicyclic) bond motifs is 2. The van der Waals surface area contributed by atoms with Crippen LogP contribution in [0.5, 0.6) is 0 Å². The zero-order valence-electron chi connectivity index (χ0n) is 21.1. The topological polar surface area (TPSA) is 89.2 Å². The number of amides is 1. The Balaban J connectivity index is 1.50. The Morgan fingerprint density at radius 2 is 1.89 bits per heavy atom. The van der Waals surface area contributed by atoms with E-state index in [0.29, 0.717) is 24.5 Å². The van der Waals surface area contributed by atoms with Crippen LogP contribution in [0.4, 0.5) is 26.2 Å². The van der Waals surface area contributed by atoms with E-state index in [1.807, 2.05) is 13.8 Å². The number of anilines is 3. The highest BCUT2D eigenvalue weighted by atomic mass is 19.3. The molecule has 0 unspecified atom stereocenters. The zero-order chi connectivity index (χ0) is 25.8. The summed E-state index contributed by atoms with van der Waals surface area (Å²) < 4.78 is 27.2. The molecule has 36 heavy (non-hydrogen) atoms. The van der Waals surface area contributed by atoms with E-state index in [4.69, 9.17) is 4.98 Å². The number of aromatic nitrogens is 3. The predicted molar refractivity (Wildman–Crippen MR) is 131 cm³/mol. The molecule has 3 aliphatic rings. The first-order valence-corrected chi connectivity index (χ1v) is 12.4. The summed E-state index contributed by atoms with van der Waals surface area (Å²) in [4.78, 5) is 32.8. The largest absolute Gasteiger partial charge is 0.350 e. The summed E-state index contributed by atoms with van der Waals surface area (Å²) in [5.41, 5.74) is -0.190. The number of alkyl halides is 2. The van der Waals surface area contributed by atoms with Crippen molar-refractivity contribution in [1.82, 2.24) is 19.9 Å². The average Bonchev–Trinajstić information content (AvgIpc) is 3.21. The number of hydrogen-bond donors (Lipinski definition) is 0. The van der Waals surface area contributed by atoms with Gasteiger partial charge in [0.05, 0.1) is 11.6 Å². The first kappa shape index (κ1) is 24.3. The van der Waals surface area contributed by atoms with Crippen LogP contribution in [0.2, 0.25) is 0 Å². The first-order chi connectivity index (χ1) is 17.1. The first-order valence-electron chi connectivity index (χ1n) is 12.4. The summed E-state index contributed by atoms with van der Waals surface area (Å²) in [5, 5.41) is 9.37. The average molecular weight is 496 g/mol. The molecule has 5 rings (SSSR count). The number of rotatable bonds is 4. The van der Waals surface area contributed by atoms with Gasteiger partial charge in [0.15, 0.2) is 0 Å². The van der Waals surface area contributed by atoms with Crippen LogP contribution >= 0.6 is 0 Å². The predicted octanol–water partition coefficient (Wildman–Crippen LogP) is 4.03. The SMILES string of the molecule is C[C@H]1CN(c2ncnc3c2C2(CCC2)CN3c2cc(C#N)ccn2)[C@@H](C)CN1C(=O)C(C)(C)C(F)F. The van der Waals surface area contributed by atoms with Crippen molar-refractivity contribution in [3.63, 3.8) is 0 Å². The van der Waals surface area contributed by atoms with Gasteiger partial charge in [0.25, 0.3) is 6.43 Å². The zero-order valence-corrected chi connectivity index (χ0v) is 21.1. The van der Waals surface area contributed by atoms with Gasteiger partial charge in [-0.2, -0.15) is 5.26 Å². The molecule has 190 valence electrons. The summed E-state index contributed by atoms with van der Waals surface area (Å²) in [6.45, 7) is 8.10. The van der Waals surface area contributed by atoms with E-state index in [9.17, 15) is 18.8 Å². The molecule has 2 fully saturated rings. The van der Waals surface area contributed by atoms with E-state index in [0.717, 1.165) is 43.0 Å². The second-order valence-corrected chi connectivity index (χ2v) is 11.0. The molecule has 8 nitrogen and oxygen atoms in total. The van der Waals surface area contributed by atoms with Crippen LogP contribution in [0.1, 0.15) is 58.1 Å². The lowest BCUT2D eigenvalue weighted by Crippen LogP contribution is -2.61. The third kappa shape index (κ3) is 3.67. The summed E-state index contributed by atoms with van der Waals surface area (Å²) in [6, 6.07) is 5.29. The van der Waals surface area contributed by atoms with Gasteiger partial charge in [-0.3, -0.25) is 4.79 Å². The van der Waals surface area contributed by atoms with Crippen molar-refractivity contribution in [3.05, 3.63) is 35.8 Å². The number of carbonyl (C=O) groups is 1. The Morgan fingerprint density at radius 1 is 1.17 bits per heavy atom. The maximum atomic E-state index is 13.6. The smallest absolute Gasteiger partial charge is 0.252 e. The fourth-order valence-electron chi connectivity index (χ4n) is 5.73. The van der Waals surface area contributed by atoms with Crippen LogP contribution in [-0.2, 0) is 10.2 Å². The van der Waals surface area contributed by atoms with Gasteiger partial charge in [0.2, 0.25) is 5.91 Å². The molecule has 10 heteroatoms. The molecule has 0 radical (unpaired) electrons. The minimum absolute atomic E-state index is 0.0934. The molecule has 0 bridgehead atoms. The van der Waals surface area contributed by atoms with E-state index in [1.54, 1.807) is 29.6 Å². The van der Waals surface area contributed by atoms with Crippen LogP contribution in [0, 0.1) is 16.7 Å². The number of nitriles is 1. The highest BCUT2D eigenvalue weighted by Crippen LogP contribution is 2.56. The molecular weight excluding hydrogens is 464 g/mol. The lowest BCUT2D eigenvalue weighted by Gasteiger charge is -2.48. The number of halogens is 2. The third-order valence-corrected chi connectivity index (χ3v) is 8.13. The third-order valence-electron chi connectivity index (χ3n) is 8.13. The fourth-order valence-corrected chi connectivity index (χ4v) is 5.73. The quantitative estimate of drug-likeness (QED) is 0.633. The standard InChI is InChI=1S/C26H31F2N7O/c1-16-13-34(24(36)25(3,4)23(27)28)17(2)12-33(16)21-20-22(32-15-31-21)35(14-26(20)7-5-8-26)19-10-18(11-29)6-9-30-19/h6,9-10,15-17,23H,5,7-8,12-14H2,1-4H3/t16-,17-/m0/s1. The number of pyridine rings is 1. The van der Waals surface area contributed by atoms with Crippen LogP contribution < -0.4 is 9.80 Å². The van der Waals surface area contributed by atoms with Gasteiger partial charge in [0, 0.05) is 48.9 Å². The molecule has 2 aliphatic heterocycles. The van der Waals surface area contributed by atoms with Gasteiger partial charge >= 0.3 is 0 Å². The van der Waals surface area contributed by atoms with E-state index in [1.165, 1.54) is 13.8 Å². The molecule has 0 N–H and O–H groups in total. The molecule has 1 amide bonds. The normalized spacial score (nSPS) is 23.0. The molecule has 1 saturated carbocycles. The van der Waals surface area contributed by atoms with Gasteiger partial charge in [-0.25, -0.2) is 23.7 Å². The van der Waals surface area contributed by atoms with Gasteiger partial charge in [-0.1, -0.05) is 6.42 Å². The number of nitrogens with zero attached hydrogens (tertiary/aromatic N) is 7. The molecule has 1 aliphatic carbocycles. The lowest BCUT2D eigenvalue weighted by molar-refractivity contribution is -0.152. The van der Waals surface area contributed by atoms with Gasteiger partial charge in [-0.05, 0) is 52.7 Å². The fraction of sp³-hybridized carbons (Fsp3) is 0.577. The second-order valence-electron chi connectivity index (χ2n) is 11.0. The van der Waals surface area contributed by atoms with E-state index >= 15 is 0 Å². The minimum atomic E-state index is -2.73. The molecule has 0 aromatic carbocycles. The van der Waals surface area contributed by atoms with Crippen molar-refractivity contribution >= 4 is 23.4 Å². The van der Waals surface area contributed by atoms with Crippen LogP contribution in [0.25, 0.3) is 0 Å². The maximum Gasteiger partial charge on any atom is 0.252 e. The number of piperazine rings is 1. The van der Waals surface area contributed by atoms with Gasteiger partial charge in [-0.15, -0.1) is 0 Å². The van der Waals surface area contributed by atoms with Gasteiger partial charge in [0.1, 0.15) is 29.2 Å². The molecular formula is C26H31F2N7O. The molecule has 4 heterocycles. The Kier molecular flexibility index (Phi) is 5.85. The highest BCUT2D eigenvalue weighted by Gasteiger charge is 2.52. The maximum absolute atomic E-state index is 13.6. The molecule has 1 spiro atoms. The lowest BCUT2D eigenvalue weighted by atomic mass is 9.66. The van der Waals surface area contributed by atoms with Crippen molar-refractivity contribution in [2.45, 2.75) is 70.9 Å². The summed E-state index contributed by atoms with van der Waals surface area (Å²) in [6.07, 6.45) is 3.61. The van der Waals surface area contributed by atoms with Crippen molar-refractivity contribution in [2.24, 2.45) is 5.41 Å². The van der Waals surface area contributed by atoms with E-state index in [2.05, 4.69) is 25.8 Å². The minimum Gasteiger partial charge on any atom is -0.350 e. The summed E-state index contributed by atoms with van der Waals surface area (Å²) in [7, 11) is 0. The summed E-state index contributed by atoms with van der Waals surface area (Å²) in [5.74, 6) is 1.82. The van der Waals surface area contributed by atoms with Crippen LogP contribution in [0.15, 0.2) is 24.7 Å². The Morgan fingerprint density at radius 3 is 2.53 bits per heavy atom. The van der Waals surface area contributed by atoms with Gasteiger partial charge < -0.3 is 14.7 Å². The Bertz CT molecular complexity index is 1220.